The van der Waals surface area contributed by atoms with Gasteiger partial charge in [-0.2, -0.15) is 0 Å². The molecule has 0 radical (unpaired) electrons. The van der Waals surface area contributed by atoms with Gasteiger partial charge in [-0.25, -0.2) is 0 Å². The van der Waals surface area contributed by atoms with Crippen LogP contribution in [0.1, 0.15) is 52.4 Å². The van der Waals surface area contributed by atoms with Crippen LogP contribution in [0.5, 0.6) is 0 Å². The van der Waals surface area contributed by atoms with Crippen molar-refractivity contribution < 1.29 is 10.2 Å². The van der Waals surface area contributed by atoms with Crippen molar-refractivity contribution in [1.29, 1.82) is 0 Å². The summed E-state index contributed by atoms with van der Waals surface area (Å²) < 4.78 is 0. The van der Waals surface area contributed by atoms with Crippen LogP contribution >= 0.6 is 0 Å². The minimum atomic E-state index is -0.918. The SMILES string of the molecule is C=C1CCC[C@]2(C)CC[C@@H](C(C)(O)CO)CC12. The average Bonchev–Trinajstić information content (AvgIpc) is 2.28. The highest BCUT2D eigenvalue weighted by molar-refractivity contribution is 5.13. The Morgan fingerprint density at radius 3 is 2.82 bits per heavy atom. The van der Waals surface area contributed by atoms with Crippen molar-refractivity contribution in [3.8, 4) is 0 Å². The quantitative estimate of drug-likeness (QED) is 0.726. The van der Waals surface area contributed by atoms with E-state index in [1.54, 1.807) is 6.92 Å². The lowest BCUT2D eigenvalue weighted by atomic mass is 9.55. The smallest absolute Gasteiger partial charge is 0.0877 e. The molecule has 4 atom stereocenters. The number of allylic oxidation sites excluding steroid dienone is 1. The summed E-state index contributed by atoms with van der Waals surface area (Å²) in [5, 5.41) is 19.5. The van der Waals surface area contributed by atoms with E-state index in [0.29, 0.717) is 11.3 Å². The summed E-state index contributed by atoms with van der Waals surface area (Å²) in [6.07, 6.45) is 6.92. The molecular weight excluding hydrogens is 212 g/mol. The van der Waals surface area contributed by atoms with Crippen LogP contribution in [-0.2, 0) is 0 Å². The van der Waals surface area contributed by atoms with Crippen LogP contribution in [0.2, 0.25) is 0 Å². The number of fused-ring (bicyclic) bond motifs is 1. The zero-order valence-corrected chi connectivity index (χ0v) is 11.2. The lowest BCUT2D eigenvalue weighted by molar-refractivity contribution is -0.0821. The summed E-state index contributed by atoms with van der Waals surface area (Å²) >= 11 is 0. The van der Waals surface area contributed by atoms with Crippen molar-refractivity contribution in [2.75, 3.05) is 6.61 Å². The van der Waals surface area contributed by atoms with E-state index >= 15 is 0 Å². The van der Waals surface area contributed by atoms with Gasteiger partial charge in [0.2, 0.25) is 0 Å². The summed E-state index contributed by atoms with van der Waals surface area (Å²) in [5.74, 6) is 0.772. The van der Waals surface area contributed by atoms with Crippen LogP contribution < -0.4 is 0 Å². The van der Waals surface area contributed by atoms with Gasteiger partial charge in [0.15, 0.2) is 0 Å². The van der Waals surface area contributed by atoms with Gasteiger partial charge in [0.05, 0.1) is 12.2 Å². The van der Waals surface area contributed by atoms with Crippen molar-refractivity contribution >= 4 is 0 Å². The molecule has 0 aromatic heterocycles. The standard InChI is InChI=1S/C15H26O2/c1-11-5-4-7-14(2)8-6-12(9-13(11)14)15(3,17)10-16/h12-13,16-17H,1,4-10H2,2-3H3/t12-,13?,14-,15?/m1/s1. The molecule has 0 amide bonds. The average molecular weight is 238 g/mol. The second-order valence-corrected chi connectivity index (χ2v) is 6.71. The van der Waals surface area contributed by atoms with Crippen molar-refractivity contribution in [2.45, 2.75) is 58.0 Å². The van der Waals surface area contributed by atoms with Crippen LogP contribution in [0.15, 0.2) is 12.2 Å². The molecule has 2 heteroatoms. The molecule has 0 saturated heterocycles. The first-order chi connectivity index (χ1) is 7.89. The van der Waals surface area contributed by atoms with Gasteiger partial charge in [-0.15, -0.1) is 0 Å². The number of hydrogen-bond donors (Lipinski definition) is 2. The zero-order valence-electron chi connectivity index (χ0n) is 11.2. The fourth-order valence-electron chi connectivity index (χ4n) is 3.91. The Labute approximate surface area is 105 Å². The van der Waals surface area contributed by atoms with Gasteiger partial charge >= 0.3 is 0 Å². The molecule has 0 bridgehead atoms. The Hall–Kier alpha value is -0.340. The third kappa shape index (κ3) is 2.30. The first kappa shape index (κ1) is 13.1. The molecule has 2 saturated carbocycles. The van der Waals surface area contributed by atoms with Crippen LogP contribution in [-0.4, -0.2) is 22.4 Å². The summed E-state index contributed by atoms with van der Waals surface area (Å²) in [4.78, 5) is 0. The molecule has 0 spiro atoms. The fraction of sp³-hybridized carbons (Fsp3) is 0.867. The molecule has 2 aliphatic carbocycles. The van der Waals surface area contributed by atoms with Crippen molar-refractivity contribution in [3.05, 3.63) is 12.2 Å². The molecule has 2 nitrogen and oxygen atoms in total. The number of hydrogen-bond acceptors (Lipinski definition) is 2. The molecule has 2 rings (SSSR count). The highest BCUT2D eigenvalue weighted by Crippen LogP contribution is 2.54. The fourth-order valence-corrected chi connectivity index (χ4v) is 3.91. The van der Waals surface area contributed by atoms with E-state index < -0.39 is 5.60 Å². The molecule has 2 fully saturated rings. The van der Waals surface area contributed by atoms with Crippen LogP contribution in [0.25, 0.3) is 0 Å². The van der Waals surface area contributed by atoms with Crippen LogP contribution in [0.3, 0.4) is 0 Å². The first-order valence-electron chi connectivity index (χ1n) is 6.90. The van der Waals surface area contributed by atoms with Gasteiger partial charge in [0.25, 0.3) is 0 Å². The van der Waals surface area contributed by atoms with Gasteiger partial charge < -0.3 is 10.2 Å². The molecule has 2 N–H and O–H groups in total. The molecule has 0 heterocycles. The Morgan fingerprint density at radius 1 is 1.47 bits per heavy atom. The van der Waals surface area contributed by atoms with E-state index in [4.69, 9.17) is 0 Å². The van der Waals surface area contributed by atoms with Crippen molar-refractivity contribution in [2.24, 2.45) is 17.3 Å². The van der Waals surface area contributed by atoms with E-state index in [2.05, 4.69) is 13.5 Å². The van der Waals surface area contributed by atoms with E-state index in [1.807, 2.05) is 0 Å². The lowest BCUT2D eigenvalue weighted by Crippen LogP contribution is -2.46. The van der Waals surface area contributed by atoms with Gasteiger partial charge in [0.1, 0.15) is 0 Å². The zero-order chi connectivity index (χ0) is 12.7. The van der Waals surface area contributed by atoms with Gasteiger partial charge in [-0.3, -0.25) is 0 Å². The molecule has 2 aliphatic rings. The molecular formula is C15H26O2. The van der Waals surface area contributed by atoms with E-state index in [-0.39, 0.29) is 12.5 Å². The number of aliphatic hydroxyl groups is 2. The highest BCUT2D eigenvalue weighted by atomic mass is 16.3. The molecule has 17 heavy (non-hydrogen) atoms. The Kier molecular flexibility index (Phi) is 3.39. The summed E-state index contributed by atoms with van der Waals surface area (Å²) in [6, 6.07) is 0. The van der Waals surface area contributed by atoms with Crippen LogP contribution in [0.4, 0.5) is 0 Å². The maximum Gasteiger partial charge on any atom is 0.0877 e. The maximum absolute atomic E-state index is 10.2. The number of rotatable bonds is 2. The Balaban J connectivity index is 2.14. The van der Waals surface area contributed by atoms with Crippen LogP contribution in [0, 0.1) is 17.3 Å². The topological polar surface area (TPSA) is 40.5 Å². The Morgan fingerprint density at radius 2 is 2.18 bits per heavy atom. The minimum Gasteiger partial charge on any atom is -0.393 e. The molecule has 98 valence electrons. The summed E-state index contributed by atoms with van der Waals surface area (Å²) in [6.45, 7) is 8.26. The Bertz CT molecular complexity index is 308. The third-order valence-corrected chi connectivity index (χ3v) is 5.36. The lowest BCUT2D eigenvalue weighted by Gasteiger charge is -2.51. The minimum absolute atomic E-state index is 0.131. The summed E-state index contributed by atoms with van der Waals surface area (Å²) in [5.41, 5.74) is 0.855. The molecule has 0 aromatic rings. The largest absolute Gasteiger partial charge is 0.393 e. The normalized spacial score (nSPS) is 41.8. The first-order valence-corrected chi connectivity index (χ1v) is 6.90. The van der Waals surface area contributed by atoms with Crippen molar-refractivity contribution in [1.82, 2.24) is 0 Å². The maximum atomic E-state index is 10.2. The molecule has 2 unspecified atom stereocenters. The molecule has 0 aromatic carbocycles. The second-order valence-electron chi connectivity index (χ2n) is 6.71. The predicted molar refractivity (Wildman–Crippen MR) is 69.6 cm³/mol. The molecule has 0 aliphatic heterocycles. The highest BCUT2D eigenvalue weighted by Gasteiger charge is 2.46. The second kappa shape index (κ2) is 4.40. The van der Waals surface area contributed by atoms with E-state index in [0.717, 1.165) is 25.7 Å². The number of aliphatic hydroxyl groups excluding tert-OH is 1. The van der Waals surface area contributed by atoms with Crippen molar-refractivity contribution in [3.63, 3.8) is 0 Å². The monoisotopic (exact) mass is 238 g/mol. The predicted octanol–water partition coefficient (Wildman–Crippen LogP) is 2.89. The van der Waals surface area contributed by atoms with Gasteiger partial charge in [-0.05, 0) is 62.7 Å². The van der Waals surface area contributed by atoms with E-state index in [9.17, 15) is 10.2 Å². The van der Waals surface area contributed by atoms with E-state index in [1.165, 1.54) is 18.4 Å². The van der Waals surface area contributed by atoms with Gasteiger partial charge in [0, 0.05) is 0 Å². The summed E-state index contributed by atoms with van der Waals surface area (Å²) in [7, 11) is 0. The van der Waals surface area contributed by atoms with Gasteiger partial charge in [-0.1, -0.05) is 19.1 Å². The third-order valence-electron chi connectivity index (χ3n) is 5.36.